The molecule has 0 radical (unpaired) electrons. The summed E-state index contributed by atoms with van der Waals surface area (Å²) < 4.78 is 0. The molecule has 0 N–H and O–H groups in total. The molecule has 0 spiro atoms. The van der Waals surface area contributed by atoms with E-state index in [0.29, 0.717) is 5.33 Å². The molecular formula is C8H8Br2OS. The molecular weight excluding hydrogens is 304 g/mol. The van der Waals surface area contributed by atoms with E-state index in [1.807, 2.05) is 18.4 Å². The molecule has 1 rings (SSSR count). The molecule has 0 saturated carbocycles. The Hall–Kier alpha value is 0.330. The van der Waals surface area contributed by atoms with Crippen LogP contribution in [0, 0.1) is 6.92 Å². The quantitative estimate of drug-likeness (QED) is 0.617. The van der Waals surface area contributed by atoms with Gasteiger partial charge in [-0.2, -0.15) is 0 Å². The van der Waals surface area contributed by atoms with Gasteiger partial charge >= 0.3 is 0 Å². The first-order chi connectivity index (χ1) is 5.66. The van der Waals surface area contributed by atoms with Crippen LogP contribution in [0.5, 0.6) is 0 Å². The first-order valence-electron chi connectivity index (χ1n) is 3.45. The summed E-state index contributed by atoms with van der Waals surface area (Å²) in [6.45, 7) is 1.96. The zero-order valence-electron chi connectivity index (χ0n) is 6.51. The molecule has 0 aliphatic carbocycles. The zero-order valence-corrected chi connectivity index (χ0v) is 10.5. The molecule has 0 saturated heterocycles. The minimum absolute atomic E-state index is 0.102. The topological polar surface area (TPSA) is 17.1 Å². The maximum absolute atomic E-state index is 11.6. The largest absolute Gasteiger partial charge is 0.292 e. The number of Topliss-reactive ketones (excluding diaryl/α,β-unsaturated/α-hetero) is 1. The Kier molecular flexibility index (Phi) is 3.93. The van der Waals surface area contributed by atoms with E-state index in [-0.39, 0.29) is 10.6 Å². The van der Waals surface area contributed by atoms with Crippen molar-refractivity contribution in [3.8, 4) is 0 Å². The number of carbonyl (C=O) groups excluding carboxylic acids is 1. The summed E-state index contributed by atoms with van der Waals surface area (Å²) in [6, 6.07) is 1.96. The van der Waals surface area contributed by atoms with Crippen molar-refractivity contribution in [1.82, 2.24) is 0 Å². The van der Waals surface area contributed by atoms with E-state index in [4.69, 9.17) is 0 Å². The van der Waals surface area contributed by atoms with Crippen molar-refractivity contribution in [2.24, 2.45) is 0 Å². The fraction of sp³-hybridized carbons (Fsp3) is 0.375. The third-order valence-corrected chi connectivity index (χ3v) is 4.79. The minimum atomic E-state index is -0.102. The Morgan fingerprint density at radius 2 is 2.42 bits per heavy atom. The molecule has 1 aromatic heterocycles. The lowest BCUT2D eigenvalue weighted by Crippen LogP contribution is -2.14. The van der Waals surface area contributed by atoms with Gasteiger partial charge in [0.05, 0.1) is 9.70 Å². The van der Waals surface area contributed by atoms with Crippen LogP contribution in [-0.2, 0) is 0 Å². The highest BCUT2D eigenvalue weighted by molar-refractivity contribution is 9.12. The second-order valence-corrected chi connectivity index (χ2v) is 5.09. The predicted octanol–water partition coefficient (Wildman–Crippen LogP) is 3.40. The van der Waals surface area contributed by atoms with E-state index in [2.05, 4.69) is 31.9 Å². The van der Waals surface area contributed by atoms with Gasteiger partial charge < -0.3 is 0 Å². The fourth-order valence-electron chi connectivity index (χ4n) is 0.837. The number of alkyl halides is 2. The van der Waals surface area contributed by atoms with Crippen molar-refractivity contribution in [2.45, 2.75) is 11.8 Å². The molecule has 1 heterocycles. The van der Waals surface area contributed by atoms with Crippen molar-refractivity contribution in [1.29, 1.82) is 0 Å². The monoisotopic (exact) mass is 310 g/mol. The van der Waals surface area contributed by atoms with E-state index < -0.39 is 0 Å². The van der Waals surface area contributed by atoms with Crippen LogP contribution in [-0.4, -0.2) is 15.9 Å². The number of aryl methyl sites for hydroxylation is 1. The number of carbonyl (C=O) groups is 1. The number of thiophene rings is 1. The van der Waals surface area contributed by atoms with Gasteiger partial charge in [0, 0.05) is 5.33 Å². The van der Waals surface area contributed by atoms with Gasteiger partial charge in [0.2, 0.25) is 0 Å². The van der Waals surface area contributed by atoms with E-state index in [9.17, 15) is 4.79 Å². The standard InChI is InChI=1S/C8H8Br2OS/c1-5-2-3-12-8(5)7(11)6(10)4-9/h2-3,6H,4H2,1H3. The Morgan fingerprint density at radius 1 is 1.75 bits per heavy atom. The van der Waals surface area contributed by atoms with E-state index in [0.717, 1.165) is 10.4 Å². The summed E-state index contributed by atoms with van der Waals surface area (Å²) in [5.41, 5.74) is 1.07. The van der Waals surface area contributed by atoms with Crippen LogP contribution in [0.2, 0.25) is 0 Å². The normalized spacial score (nSPS) is 12.9. The summed E-state index contributed by atoms with van der Waals surface area (Å²) in [6.07, 6.45) is 0. The van der Waals surface area contributed by atoms with Gasteiger partial charge in [-0.3, -0.25) is 4.79 Å². The SMILES string of the molecule is Cc1ccsc1C(=O)C(Br)CBr. The third kappa shape index (κ3) is 2.18. The second-order valence-electron chi connectivity index (χ2n) is 2.42. The molecule has 1 unspecified atom stereocenters. The van der Waals surface area contributed by atoms with Crippen molar-refractivity contribution >= 4 is 49.0 Å². The van der Waals surface area contributed by atoms with Gasteiger partial charge in [-0.1, -0.05) is 31.9 Å². The van der Waals surface area contributed by atoms with E-state index in [1.165, 1.54) is 11.3 Å². The molecule has 1 aromatic rings. The van der Waals surface area contributed by atoms with Crippen molar-refractivity contribution in [3.63, 3.8) is 0 Å². The average molecular weight is 312 g/mol. The predicted molar refractivity (Wildman–Crippen MR) is 59.9 cm³/mol. The van der Waals surface area contributed by atoms with Gasteiger partial charge in [0.1, 0.15) is 0 Å². The van der Waals surface area contributed by atoms with Crippen molar-refractivity contribution in [3.05, 3.63) is 21.9 Å². The number of halogens is 2. The first kappa shape index (κ1) is 10.4. The highest BCUT2D eigenvalue weighted by Crippen LogP contribution is 2.20. The van der Waals surface area contributed by atoms with Crippen LogP contribution in [0.1, 0.15) is 15.2 Å². The van der Waals surface area contributed by atoms with Crippen molar-refractivity contribution < 1.29 is 4.79 Å². The Labute approximate surface area is 92.4 Å². The molecule has 1 nitrogen and oxygen atoms in total. The molecule has 0 amide bonds. The summed E-state index contributed by atoms with van der Waals surface area (Å²) >= 11 is 8.07. The van der Waals surface area contributed by atoms with Gasteiger partial charge in [0.25, 0.3) is 0 Å². The Bertz CT molecular complexity index is 282. The van der Waals surface area contributed by atoms with Gasteiger partial charge in [0.15, 0.2) is 5.78 Å². The highest BCUT2D eigenvalue weighted by atomic mass is 79.9. The van der Waals surface area contributed by atoms with Gasteiger partial charge in [-0.15, -0.1) is 11.3 Å². The van der Waals surface area contributed by atoms with Crippen LogP contribution < -0.4 is 0 Å². The third-order valence-electron chi connectivity index (χ3n) is 1.51. The van der Waals surface area contributed by atoms with Crippen LogP contribution in [0.25, 0.3) is 0 Å². The van der Waals surface area contributed by atoms with Gasteiger partial charge in [-0.25, -0.2) is 0 Å². The number of ketones is 1. The van der Waals surface area contributed by atoms with Crippen LogP contribution in [0.4, 0.5) is 0 Å². The van der Waals surface area contributed by atoms with Crippen LogP contribution >= 0.6 is 43.2 Å². The number of hydrogen-bond acceptors (Lipinski definition) is 2. The number of hydrogen-bond donors (Lipinski definition) is 0. The molecule has 12 heavy (non-hydrogen) atoms. The number of rotatable bonds is 3. The lowest BCUT2D eigenvalue weighted by atomic mass is 10.2. The maximum Gasteiger partial charge on any atom is 0.187 e. The Balaban J connectivity index is 2.85. The Morgan fingerprint density at radius 3 is 2.83 bits per heavy atom. The summed E-state index contributed by atoms with van der Waals surface area (Å²) in [4.78, 5) is 12.3. The lowest BCUT2D eigenvalue weighted by Gasteiger charge is -2.02. The second kappa shape index (κ2) is 4.53. The minimum Gasteiger partial charge on any atom is -0.292 e. The molecule has 0 bridgehead atoms. The summed E-state index contributed by atoms with van der Waals surface area (Å²) in [5, 5.41) is 2.60. The fourth-order valence-corrected chi connectivity index (χ4v) is 2.43. The summed E-state index contributed by atoms with van der Waals surface area (Å²) in [5.74, 6) is 0.166. The van der Waals surface area contributed by atoms with Crippen LogP contribution in [0.3, 0.4) is 0 Å². The summed E-state index contributed by atoms with van der Waals surface area (Å²) in [7, 11) is 0. The highest BCUT2D eigenvalue weighted by Gasteiger charge is 2.18. The molecule has 0 aliphatic rings. The molecule has 4 heteroatoms. The smallest absolute Gasteiger partial charge is 0.187 e. The van der Waals surface area contributed by atoms with E-state index >= 15 is 0 Å². The van der Waals surface area contributed by atoms with Crippen LogP contribution in [0.15, 0.2) is 11.4 Å². The lowest BCUT2D eigenvalue weighted by molar-refractivity contribution is 0.100. The van der Waals surface area contributed by atoms with Gasteiger partial charge in [-0.05, 0) is 23.9 Å². The zero-order chi connectivity index (χ0) is 9.14. The maximum atomic E-state index is 11.6. The average Bonchev–Trinajstić information content (AvgIpc) is 2.48. The first-order valence-corrected chi connectivity index (χ1v) is 6.37. The molecule has 1 atom stereocenters. The van der Waals surface area contributed by atoms with Crippen molar-refractivity contribution in [2.75, 3.05) is 5.33 Å². The van der Waals surface area contributed by atoms with E-state index in [1.54, 1.807) is 0 Å². The molecule has 0 fully saturated rings. The molecule has 0 aromatic carbocycles. The molecule has 0 aliphatic heterocycles. The molecule has 66 valence electrons.